The molecule has 0 radical (unpaired) electrons. The van der Waals surface area contributed by atoms with E-state index in [0.29, 0.717) is 26.2 Å². The van der Waals surface area contributed by atoms with Crippen LogP contribution in [0.2, 0.25) is 0 Å². The Morgan fingerprint density at radius 1 is 1.53 bits per heavy atom. The molecule has 0 amide bonds. The minimum absolute atomic E-state index is 0.00968. The molecule has 0 N–H and O–H groups in total. The van der Waals surface area contributed by atoms with Crippen LogP contribution >= 0.6 is 0 Å². The predicted molar refractivity (Wildman–Crippen MR) is 69.6 cm³/mol. The quantitative estimate of drug-likeness (QED) is 0.737. The maximum absolute atomic E-state index is 11.8. The van der Waals surface area contributed by atoms with E-state index in [1.165, 1.54) is 0 Å². The molecule has 1 aromatic heterocycles. The molecule has 2 rings (SSSR count). The van der Waals surface area contributed by atoms with Gasteiger partial charge in [-0.15, -0.1) is 0 Å². The van der Waals surface area contributed by atoms with E-state index in [-0.39, 0.29) is 12.0 Å². The molecule has 106 valence electrons. The summed E-state index contributed by atoms with van der Waals surface area (Å²) in [5.41, 5.74) is 1.04. The maximum atomic E-state index is 11.8. The van der Waals surface area contributed by atoms with Crippen LogP contribution in [0, 0.1) is 0 Å². The zero-order chi connectivity index (χ0) is 13.7. The molecule has 1 aliphatic heterocycles. The Hall–Kier alpha value is -1.40. The van der Waals surface area contributed by atoms with Crippen LogP contribution in [-0.2, 0) is 21.3 Å². The number of aromatic nitrogens is 2. The molecule has 0 aromatic carbocycles. The Morgan fingerprint density at radius 3 is 2.84 bits per heavy atom. The fraction of sp³-hybridized carbons (Fsp3) is 0.692. The monoisotopic (exact) mass is 267 g/mol. The number of hydrogen-bond donors (Lipinski definition) is 0. The van der Waals surface area contributed by atoms with Gasteiger partial charge in [0.2, 0.25) is 0 Å². The lowest BCUT2D eigenvalue weighted by atomic mass is 10.1. The normalized spacial score (nSPS) is 18.2. The maximum Gasteiger partial charge on any atom is 0.307 e. The highest BCUT2D eigenvalue weighted by Gasteiger charge is 2.27. The Bertz CT molecular complexity index is 413. The van der Waals surface area contributed by atoms with Gasteiger partial charge >= 0.3 is 5.97 Å². The number of nitrogens with zero attached hydrogens (tertiary/aromatic N) is 3. The van der Waals surface area contributed by atoms with Gasteiger partial charge in [-0.2, -0.15) is 0 Å². The molecule has 2 heterocycles. The summed E-state index contributed by atoms with van der Waals surface area (Å²) in [5, 5.41) is 0. The topological polar surface area (TPSA) is 56.6 Å². The number of aryl methyl sites for hydroxylation is 1. The van der Waals surface area contributed by atoms with Gasteiger partial charge in [0.25, 0.3) is 0 Å². The predicted octanol–water partition coefficient (Wildman–Crippen LogP) is 0.747. The van der Waals surface area contributed by atoms with E-state index < -0.39 is 0 Å². The van der Waals surface area contributed by atoms with Gasteiger partial charge in [-0.1, -0.05) is 0 Å². The molecule has 0 bridgehead atoms. The molecule has 0 spiro atoms. The molecule has 1 unspecified atom stereocenters. The van der Waals surface area contributed by atoms with Gasteiger partial charge in [0.05, 0.1) is 44.3 Å². The van der Waals surface area contributed by atoms with Crippen LogP contribution < -0.4 is 0 Å². The van der Waals surface area contributed by atoms with E-state index >= 15 is 0 Å². The number of hydrogen-bond acceptors (Lipinski definition) is 5. The number of imidazole rings is 1. The Kier molecular flexibility index (Phi) is 4.93. The van der Waals surface area contributed by atoms with Crippen molar-refractivity contribution in [3.63, 3.8) is 0 Å². The molecule has 1 aromatic rings. The highest BCUT2D eigenvalue weighted by Crippen LogP contribution is 2.25. The number of esters is 1. The fourth-order valence-electron chi connectivity index (χ4n) is 2.38. The van der Waals surface area contributed by atoms with Crippen molar-refractivity contribution in [2.45, 2.75) is 19.4 Å². The lowest BCUT2D eigenvalue weighted by molar-refractivity contribution is -0.145. The summed E-state index contributed by atoms with van der Waals surface area (Å²) in [6, 6.07) is 0.00968. The molecule has 6 heteroatoms. The first-order chi connectivity index (χ1) is 9.22. The molecule has 19 heavy (non-hydrogen) atoms. The number of ether oxygens (including phenoxy) is 2. The van der Waals surface area contributed by atoms with Crippen molar-refractivity contribution in [3.8, 4) is 0 Å². The molecular weight excluding hydrogens is 246 g/mol. The Morgan fingerprint density at radius 2 is 2.26 bits per heavy atom. The number of rotatable bonds is 5. The van der Waals surface area contributed by atoms with Crippen LogP contribution in [0.4, 0.5) is 0 Å². The van der Waals surface area contributed by atoms with Gasteiger partial charge in [0, 0.05) is 26.3 Å². The third kappa shape index (κ3) is 3.54. The second-order valence-electron chi connectivity index (χ2n) is 4.60. The summed E-state index contributed by atoms with van der Waals surface area (Å²) in [6.45, 7) is 5.31. The van der Waals surface area contributed by atoms with E-state index in [1.807, 2.05) is 24.7 Å². The van der Waals surface area contributed by atoms with Crippen molar-refractivity contribution >= 4 is 5.97 Å². The molecule has 1 aliphatic rings. The summed E-state index contributed by atoms with van der Waals surface area (Å²) >= 11 is 0. The van der Waals surface area contributed by atoms with Crippen LogP contribution in [0.3, 0.4) is 0 Å². The fourth-order valence-corrected chi connectivity index (χ4v) is 2.38. The van der Waals surface area contributed by atoms with Crippen LogP contribution in [0.25, 0.3) is 0 Å². The van der Waals surface area contributed by atoms with Crippen LogP contribution in [0.5, 0.6) is 0 Å². The van der Waals surface area contributed by atoms with Gasteiger partial charge in [-0.25, -0.2) is 4.98 Å². The first-order valence-corrected chi connectivity index (χ1v) is 6.66. The second kappa shape index (κ2) is 6.68. The van der Waals surface area contributed by atoms with Crippen molar-refractivity contribution in [3.05, 3.63) is 18.2 Å². The minimum Gasteiger partial charge on any atom is -0.466 e. The van der Waals surface area contributed by atoms with E-state index in [0.717, 1.165) is 18.8 Å². The smallest absolute Gasteiger partial charge is 0.307 e. The highest BCUT2D eigenvalue weighted by molar-refractivity contribution is 5.70. The molecule has 1 atom stereocenters. The van der Waals surface area contributed by atoms with Crippen LogP contribution in [-0.4, -0.2) is 53.3 Å². The van der Waals surface area contributed by atoms with E-state index in [1.54, 1.807) is 6.33 Å². The standard InChI is InChI=1S/C13H21N3O3/c1-3-19-13(17)8-11(12-9-14-10-15(12)2)16-4-6-18-7-5-16/h9-11H,3-8H2,1-2H3. The average Bonchev–Trinajstić information content (AvgIpc) is 2.83. The van der Waals surface area contributed by atoms with Crippen molar-refractivity contribution in [2.75, 3.05) is 32.9 Å². The number of carbonyl (C=O) groups is 1. The van der Waals surface area contributed by atoms with Crippen molar-refractivity contribution in [1.82, 2.24) is 14.5 Å². The first kappa shape index (κ1) is 14.0. The third-order valence-corrected chi connectivity index (χ3v) is 3.35. The van der Waals surface area contributed by atoms with Gasteiger partial charge in [0.15, 0.2) is 0 Å². The molecule has 1 saturated heterocycles. The summed E-state index contributed by atoms with van der Waals surface area (Å²) in [5.74, 6) is -0.166. The van der Waals surface area contributed by atoms with E-state index in [4.69, 9.17) is 9.47 Å². The van der Waals surface area contributed by atoms with Crippen molar-refractivity contribution < 1.29 is 14.3 Å². The molecule has 0 aliphatic carbocycles. The Balaban J connectivity index is 2.12. The van der Waals surface area contributed by atoms with Crippen molar-refractivity contribution in [2.24, 2.45) is 7.05 Å². The van der Waals surface area contributed by atoms with Gasteiger partial charge in [0.1, 0.15) is 0 Å². The van der Waals surface area contributed by atoms with Crippen LogP contribution in [0.1, 0.15) is 25.1 Å². The SMILES string of the molecule is CCOC(=O)CC(c1cncn1C)N1CCOCC1. The summed E-state index contributed by atoms with van der Waals surface area (Å²) < 4.78 is 12.4. The lowest BCUT2D eigenvalue weighted by Crippen LogP contribution is -2.40. The molecule has 6 nitrogen and oxygen atoms in total. The van der Waals surface area contributed by atoms with Gasteiger partial charge in [-0.05, 0) is 6.92 Å². The minimum atomic E-state index is -0.166. The van der Waals surface area contributed by atoms with Gasteiger partial charge < -0.3 is 14.0 Å². The second-order valence-corrected chi connectivity index (χ2v) is 4.60. The van der Waals surface area contributed by atoms with Crippen LogP contribution in [0.15, 0.2) is 12.5 Å². The summed E-state index contributed by atoms with van der Waals surface area (Å²) in [4.78, 5) is 18.2. The zero-order valence-corrected chi connectivity index (χ0v) is 11.5. The third-order valence-electron chi connectivity index (χ3n) is 3.35. The molecule has 1 fully saturated rings. The first-order valence-electron chi connectivity index (χ1n) is 6.66. The zero-order valence-electron chi connectivity index (χ0n) is 11.5. The van der Waals surface area contributed by atoms with Gasteiger partial charge in [-0.3, -0.25) is 9.69 Å². The average molecular weight is 267 g/mol. The lowest BCUT2D eigenvalue weighted by Gasteiger charge is -2.34. The Labute approximate surface area is 113 Å². The summed E-state index contributed by atoms with van der Waals surface area (Å²) in [6.07, 6.45) is 3.93. The molecule has 0 saturated carbocycles. The number of carbonyl (C=O) groups excluding carboxylic acids is 1. The van der Waals surface area contributed by atoms with E-state index in [2.05, 4.69) is 9.88 Å². The number of morpholine rings is 1. The molecular formula is C13H21N3O3. The summed E-state index contributed by atoms with van der Waals surface area (Å²) in [7, 11) is 1.95. The van der Waals surface area contributed by atoms with Crippen molar-refractivity contribution in [1.29, 1.82) is 0 Å². The van der Waals surface area contributed by atoms with E-state index in [9.17, 15) is 4.79 Å². The highest BCUT2D eigenvalue weighted by atomic mass is 16.5. The largest absolute Gasteiger partial charge is 0.466 e.